The molecule has 3 rings (SSSR count). The Balaban J connectivity index is 1.98. The van der Waals surface area contributed by atoms with Crippen molar-refractivity contribution >= 4 is 17.7 Å². The van der Waals surface area contributed by atoms with Gasteiger partial charge in [0, 0.05) is 5.92 Å². The number of esters is 1. The Hall–Kier alpha value is -1.00. The molecule has 4 heteroatoms. The van der Waals surface area contributed by atoms with E-state index < -0.39 is 9.68 Å². The minimum atomic E-state index is -1.02. The number of aliphatic hydroxyl groups is 1. The Morgan fingerprint density at radius 1 is 1.40 bits per heavy atom. The van der Waals surface area contributed by atoms with Crippen molar-refractivity contribution in [2.75, 3.05) is 6.61 Å². The van der Waals surface area contributed by atoms with E-state index in [1.54, 1.807) is 6.92 Å². The van der Waals surface area contributed by atoms with Crippen molar-refractivity contribution in [1.29, 1.82) is 0 Å². The highest BCUT2D eigenvalue weighted by Crippen LogP contribution is 2.79. The van der Waals surface area contributed by atoms with Crippen LogP contribution >= 0.6 is 11.8 Å². The van der Waals surface area contributed by atoms with Crippen molar-refractivity contribution in [3.8, 4) is 0 Å². The van der Waals surface area contributed by atoms with Gasteiger partial charge in [-0.05, 0) is 24.3 Å². The lowest BCUT2D eigenvalue weighted by Gasteiger charge is -2.19. The summed E-state index contributed by atoms with van der Waals surface area (Å²) in [6.07, 6.45) is 0.949. The molecule has 0 aromatic heterocycles. The van der Waals surface area contributed by atoms with Crippen molar-refractivity contribution in [1.82, 2.24) is 0 Å². The molecular formula is C16H20O3S. The van der Waals surface area contributed by atoms with Gasteiger partial charge in [-0.1, -0.05) is 55.9 Å². The molecular weight excluding hydrogens is 272 g/mol. The number of hydrogen-bond acceptors (Lipinski definition) is 4. The highest BCUT2D eigenvalue weighted by atomic mass is 32.2. The zero-order chi connectivity index (χ0) is 14.6. The third kappa shape index (κ3) is 1.74. The highest BCUT2D eigenvalue weighted by molar-refractivity contribution is 8.09. The molecule has 1 saturated heterocycles. The van der Waals surface area contributed by atoms with Gasteiger partial charge < -0.3 is 9.84 Å². The third-order valence-corrected chi connectivity index (χ3v) is 6.22. The summed E-state index contributed by atoms with van der Waals surface area (Å²) in [5.41, 5.74) is 0.943. The first-order valence-electron chi connectivity index (χ1n) is 7.04. The number of thioether (sulfide) groups is 1. The first-order chi connectivity index (χ1) is 9.38. The summed E-state index contributed by atoms with van der Waals surface area (Å²) >= 11 is 1.34. The fourth-order valence-corrected chi connectivity index (χ4v) is 4.84. The summed E-state index contributed by atoms with van der Waals surface area (Å²) < 4.78 is 4.30. The first kappa shape index (κ1) is 14.0. The average molecular weight is 292 g/mol. The molecule has 1 heterocycles. The van der Waals surface area contributed by atoms with Crippen LogP contribution in [0.4, 0.5) is 0 Å². The van der Waals surface area contributed by atoms with Gasteiger partial charge in [0.25, 0.3) is 0 Å². The molecule has 20 heavy (non-hydrogen) atoms. The standard InChI is InChI=1S/C16H20O3S/c1-4-19-13(17)15(11-8-6-5-7-9-11)16(18,20-15)12-10-14(12,2)3/h5-9,12,18H,4,10H2,1-3H3. The molecule has 108 valence electrons. The van der Waals surface area contributed by atoms with Gasteiger partial charge in [-0.2, -0.15) is 0 Å². The van der Waals surface area contributed by atoms with Crippen LogP contribution in [0.3, 0.4) is 0 Å². The SMILES string of the molecule is CCOC(=O)C1(c2ccccc2)SC1(O)C1CC1(C)C. The number of rotatable bonds is 4. The lowest BCUT2D eigenvalue weighted by atomic mass is 9.88. The van der Waals surface area contributed by atoms with Crippen LogP contribution in [-0.4, -0.2) is 22.6 Å². The number of benzene rings is 1. The number of ether oxygens (including phenoxy) is 1. The molecule has 3 atom stereocenters. The van der Waals surface area contributed by atoms with Gasteiger partial charge in [-0.3, -0.25) is 4.79 Å². The van der Waals surface area contributed by atoms with Gasteiger partial charge in [-0.15, -0.1) is 0 Å². The van der Waals surface area contributed by atoms with Gasteiger partial charge in [-0.25, -0.2) is 0 Å². The van der Waals surface area contributed by atoms with Crippen molar-refractivity contribution in [3.05, 3.63) is 35.9 Å². The maximum absolute atomic E-state index is 12.5. The molecule has 1 aliphatic heterocycles. The van der Waals surface area contributed by atoms with Crippen LogP contribution in [0.25, 0.3) is 0 Å². The minimum Gasteiger partial charge on any atom is -0.465 e. The molecule has 0 spiro atoms. The van der Waals surface area contributed by atoms with Gasteiger partial charge in [0.05, 0.1) is 6.61 Å². The lowest BCUT2D eigenvalue weighted by molar-refractivity contribution is -0.148. The first-order valence-corrected chi connectivity index (χ1v) is 7.85. The summed E-state index contributed by atoms with van der Waals surface area (Å²) in [5, 5.41) is 11.0. The number of carbonyl (C=O) groups excluding carboxylic acids is 1. The quantitative estimate of drug-likeness (QED) is 0.684. The fourth-order valence-electron chi connectivity index (χ4n) is 3.14. The molecule has 1 aliphatic carbocycles. The second kappa shape index (κ2) is 4.25. The van der Waals surface area contributed by atoms with Crippen LogP contribution in [0.1, 0.15) is 32.8 Å². The zero-order valence-electron chi connectivity index (χ0n) is 12.1. The highest BCUT2D eigenvalue weighted by Gasteiger charge is 2.82. The number of hydrogen-bond donors (Lipinski definition) is 1. The van der Waals surface area contributed by atoms with E-state index in [0.717, 1.165) is 12.0 Å². The summed E-state index contributed by atoms with van der Waals surface area (Å²) in [6.45, 7) is 6.40. The van der Waals surface area contributed by atoms with Crippen molar-refractivity contribution in [2.45, 2.75) is 36.9 Å². The Bertz CT molecular complexity index is 542. The predicted octanol–water partition coefficient (Wildman–Crippen LogP) is 2.93. The Morgan fingerprint density at radius 2 is 2.00 bits per heavy atom. The van der Waals surface area contributed by atoms with Crippen LogP contribution < -0.4 is 0 Å². The van der Waals surface area contributed by atoms with E-state index in [9.17, 15) is 9.90 Å². The van der Waals surface area contributed by atoms with Crippen LogP contribution in [0.5, 0.6) is 0 Å². The molecule has 1 N–H and O–H groups in total. The summed E-state index contributed by atoms with van der Waals surface area (Å²) in [4.78, 5) is 11.5. The van der Waals surface area contributed by atoms with Crippen LogP contribution in [-0.2, 0) is 14.3 Å². The van der Waals surface area contributed by atoms with Crippen LogP contribution in [0.2, 0.25) is 0 Å². The monoisotopic (exact) mass is 292 g/mol. The van der Waals surface area contributed by atoms with Gasteiger partial charge in [0.1, 0.15) is 4.93 Å². The Morgan fingerprint density at radius 3 is 2.50 bits per heavy atom. The molecule has 0 bridgehead atoms. The van der Waals surface area contributed by atoms with Crippen molar-refractivity contribution < 1.29 is 14.6 Å². The van der Waals surface area contributed by atoms with Gasteiger partial charge in [0.2, 0.25) is 0 Å². The number of carbonyl (C=O) groups is 1. The molecule has 0 radical (unpaired) electrons. The van der Waals surface area contributed by atoms with E-state index >= 15 is 0 Å². The molecule has 0 amide bonds. The third-order valence-electron chi connectivity index (χ3n) is 4.50. The van der Waals surface area contributed by atoms with E-state index in [-0.39, 0.29) is 17.3 Å². The van der Waals surface area contributed by atoms with Crippen LogP contribution in [0, 0.1) is 11.3 Å². The molecule has 1 aromatic rings. The summed E-state index contributed by atoms with van der Waals surface area (Å²) in [7, 11) is 0. The molecule has 3 unspecified atom stereocenters. The Kier molecular flexibility index (Phi) is 2.96. The van der Waals surface area contributed by atoms with E-state index in [1.165, 1.54) is 11.8 Å². The predicted molar refractivity (Wildman–Crippen MR) is 79.2 cm³/mol. The van der Waals surface area contributed by atoms with E-state index in [0.29, 0.717) is 6.61 Å². The van der Waals surface area contributed by atoms with E-state index in [4.69, 9.17) is 4.74 Å². The normalized spacial score (nSPS) is 37.3. The summed E-state index contributed by atoms with van der Waals surface area (Å²) in [6, 6.07) is 9.51. The van der Waals surface area contributed by atoms with Crippen LogP contribution in [0.15, 0.2) is 30.3 Å². The average Bonchev–Trinajstić information content (AvgIpc) is 3.26. The van der Waals surface area contributed by atoms with Crippen molar-refractivity contribution in [2.24, 2.45) is 11.3 Å². The topological polar surface area (TPSA) is 46.5 Å². The van der Waals surface area contributed by atoms with E-state index in [2.05, 4.69) is 13.8 Å². The minimum absolute atomic E-state index is 0.102. The lowest BCUT2D eigenvalue weighted by Crippen LogP contribution is -2.36. The molecule has 3 nitrogen and oxygen atoms in total. The second-order valence-corrected chi connectivity index (χ2v) is 7.75. The zero-order valence-corrected chi connectivity index (χ0v) is 12.9. The second-order valence-electron chi connectivity index (χ2n) is 6.31. The van der Waals surface area contributed by atoms with E-state index in [1.807, 2.05) is 30.3 Å². The molecule has 1 aromatic carbocycles. The molecule has 2 fully saturated rings. The molecule has 1 saturated carbocycles. The smallest absolute Gasteiger partial charge is 0.330 e. The van der Waals surface area contributed by atoms with Crippen molar-refractivity contribution in [3.63, 3.8) is 0 Å². The summed E-state index contributed by atoms with van der Waals surface area (Å²) in [5.74, 6) is -0.175. The maximum Gasteiger partial charge on any atom is 0.330 e. The Labute approximate surface area is 123 Å². The fraction of sp³-hybridized carbons (Fsp3) is 0.562. The maximum atomic E-state index is 12.5. The van der Waals surface area contributed by atoms with Gasteiger partial charge in [0.15, 0.2) is 4.75 Å². The largest absolute Gasteiger partial charge is 0.465 e. The van der Waals surface area contributed by atoms with Gasteiger partial charge >= 0.3 is 5.97 Å². The molecule has 2 aliphatic rings.